The van der Waals surface area contributed by atoms with E-state index >= 15 is 0 Å². The van der Waals surface area contributed by atoms with Crippen LogP contribution in [0, 0.1) is 5.92 Å². The maximum absolute atomic E-state index is 11.3. The average molecular weight is 212 g/mol. The van der Waals surface area contributed by atoms with Crippen LogP contribution in [0.1, 0.15) is 19.8 Å². The summed E-state index contributed by atoms with van der Waals surface area (Å²) in [6.07, 6.45) is 2.57. The highest BCUT2D eigenvalue weighted by atomic mass is 16.5. The number of nitrogens with one attached hydrogen (secondary N) is 1. The Hall–Kier alpha value is -0.610. The molecule has 0 aromatic carbocycles. The minimum Gasteiger partial charge on any atom is -0.465 e. The predicted octanol–water partition coefficient (Wildman–Crippen LogP) is 0.233. The summed E-state index contributed by atoms with van der Waals surface area (Å²) in [6.45, 7) is 5.98. The second-order valence-corrected chi connectivity index (χ2v) is 4.46. The molecule has 0 aromatic heterocycles. The number of rotatable bonds is 3. The number of esters is 1. The number of carbonyl (C=O) groups is 1. The monoisotopic (exact) mass is 212 g/mol. The molecule has 0 saturated carbocycles. The number of hydrogen-bond acceptors (Lipinski definition) is 4. The highest BCUT2D eigenvalue weighted by molar-refractivity contribution is 5.71. The number of ether oxygens (including phenoxy) is 1. The summed E-state index contributed by atoms with van der Waals surface area (Å²) in [6, 6.07) is 0.605. The smallest absolute Gasteiger partial charge is 0.320 e. The Bertz CT molecular complexity index is 219. The molecule has 2 rings (SSSR count). The van der Waals surface area contributed by atoms with Gasteiger partial charge in [-0.15, -0.1) is 0 Å². The van der Waals surface area contributed by atoms with E-state index in [0.717, 1.165) is 25.6 Å². The van der Waals surface area contributed by atoms with Gasteiger partial charge in [0.05, 0.1) is 13.2 Å². The lowest BCUT2D eigenvalue weighted by molar-refractivity contribution is -0.144. The number of hydrogen-bond donors (Lipinski definition) is 1. The summed E-state index contributed by atoms with van der Waals surface area (Å²) in [5, 5.41) is 3.52. The Morgan fingerprint density at radius 2 is 2.40 bits per heavy atom. The molecule has 4 nitrogen and oxygen atoms in total. The van der Waals surface area contributed by atoms with Crippen molar-refractivity contribution in [3.8, 4) is 0 Å². The molecule has 0 aliphatic carbocycles. The topological polar surface area (TPSA) is 41.6 Å². The van der Waals surface area contributed by atoms with Crippen molar-refractivity contribution >= 4 is 5.97 Å². The van der Waals surface area contributed by atoms with E-state index in [1.807, 2.05) is 6.92 Å². The maximum atomic E-state index is 11.3. The Morgan fingerprint density at radius 3 is 3.13 bits per heavy atom. The lowest BCUT2D eigenvalue weighted by Crippen LogP contribution is -2.40. The van der Waals surface area contributed by atoms with Crippen molar-refractivity contribution in [2.24, 2.45) is 5.92 Å². The molecule has 2 fully saturated rings. The predicted molar refractivity (Wildman–Crippen MR) is 57.6 cm³/mol. The van der Waals surface area contributed by atoms with Gasteiger partial charge in [-0.3, -0.25) is 9.69 Å². The third kappa shape index (κ3) is 2.69. The quantitative estimate of drug-likeness (QED) is 0.680. The molecule has 0 bridgehead atoms. The molecule has 2 heterocycles. The molecular formula is C11H20N2O2. The minimum absolute atomic E-state index is 0.0869. The molecule has 15 heavy (non-hydrogen) atoms. The Morgan fingerprint density at radius 1 is 1.53 bits per heavy atom. The molecule has 2 aliphatic heterocycles. The van der Waals surface area contributed by atoms with E-state index in [2.05, 4.69) is 10.2 Å². The van der Waals surface area contributed by atoms with Crippen molar-refractivity contribution in [3.63, 3.8) is 0 Å². The van der Waals surface area contributed by atoms with Crippen molar-refractivity contribution in [2.75, 3.05) is 32.8 Å². The largest absolute Gasteiger partial charge is 0.465 e. The zero-order valence-electron chi connectivity index (χ0n) is 9.37. The molecule has 86 valence electrons. The summed E-state index contributed by atoms with van der Waals surface area (Å²) in [7, 11) is 0. The first-order chi connectivity index (χ1) is 7.29. The maximum Gasteiger partial charge on any atom is 0.320 e. The zero-order chi connectivity index (χ0) is 10.7. The third-order valence-corrected chi connectivity index (χ3v) is 3.33. The van der Waals surface area contributed by atoms with Gasteiger partial charge in [0.1, 0.15) is 0 Å². The van der Waals surface area contributed by atoms with Gasteiger partial charge >= 0.3 is 5.97 Å². The van der Waals surface area contributed by atoms with E-state index < -0.39 is 0 Å². The summed E-state index contributed by atoms with van der Waals surface area (Å²) < 4.78 is 4.96. The fraction of sp³-hybridized carbons (Fsp3) is 0.909. The van der Waals surface area contributed by atoms with Crippen LogP contribution >= 0.6 is 0 Å². The number of nitrogens with zero attached hydrogens (tertiary/aromatic N) is 1. The summed E-state index contributed by atoms with van der Waals surface area (Å²) >= 11 is 0. The molecule has 2 saturated heterocycles. The van der Waals surface area contributed by atoms with Crippen molar-refractivity contribution in [2.45, 2.75) is 25.8 Å². The second kappa shape index (κ2) is 4.94. The number of likely N-dealkylation sites (tertiary alicyclic amines) is 1. The molecule has 0 unspecified atom stereocenters. The van der Waals surface area contributed by atoms with Gasteiger partial charge in [0.25, 0.3) is 0 Å². The first-order valence-electron chi connectivity index (χ1n) is 5.91. The lowest BCUT2D eigenvalue weighted by atomic mass is 9.94. The number of fused-ring (bicyclic) bond motifs is 1. The molecule has 4 heteroatoms. The van der Waals surface area contributed by atoms with Crippen LogP contribution in [0.3, 0.4) is 0 Å². The normalized spacial score (nSPS) is 31.3. The van der Waals surface area contributed by atoms with Crippen LogP contribution in [0.4, 0.5) is 0 Å². The Balaban J connectivity index is 1.78. The third-order valence-electron chi connectivity index (χ3n) is 3.33. The summed E-state index contributed by atoms with van der Waals surface area (Å²) in [4.78, 5) is 13.5. The van der Waals surface area contributed by atoms with E-state index in [0.29, 0.717) is 19.2 Å². The van der Waals surface area contributed by atoms with Crippen molar-refractivity contribution in [3.05, 3.63) is 0 Å². The van der Waals surface area contributed by atoms with Crippen molar-refractivity contribution in [1.29, 1.82) is 0 Å². The Labute approximate surface area is 91.0 Å². The summed E-state index contributed by atoms with van der Waals surface area (Å²) in [5.41, 5.74) is 0. The Kier molecular flexibility index (Phi) is 3.59. The van der Waals surface area contributed by atoms with E-state index in [1.54, 1.807) is 0 Å². The molecular weight excluding hydrogens is 192 g/mol. The van der Waals surface area contributed by atoms with Gasteiger partial charge in [0.15, 0.2) is 0 Å². The van der Waals surface area contributed by atoms with Gasteiger partial charge in [0, 0.05) is 19.1 Å². The molecule has 2 aliphatic rings. The van der Waals surface area contributed by atoms with Crippen molar-refractivity contribution in [1.82, 2.24) is 10.2 Å². The zero-order valence-corrected chi connectivity index (χ0v) is 9.37. The van der Waals surface area contributed by atoms with Gasteiger partial charge in [-0.05, 0) is 32.2 Å². The molecule has 0 aromatic rings. The van der Waals surface area contributed by atoms with E-state index in [-0.39, 0.29) is 5.97 Å². The van der Waals surface area contributed by atoms with Crippen LogP contribution in [-0.4, -0.2) is 49.7 Å². The summed E-state index contributed by atoms with van der Waals surface area (Å²) in [5.74, 6) is 0.657. The second-order valence-electron chi connectivity index (χ2n) is 4.46. The average Bonchev–Trinajstić information content (AvgIpc) is 2.59. The first-order valence-corrected chi connectivity index (χ1v) is 5.91. The number of piperidine rings is 1. The van der Waals surface area contributed by atoms with Crippen LogP contribution in [0.25, 0.3) is 0 Å². The van der Waals surface area contributed by atoms with Crippen molar-refractivity contribution < 1.29 is 9.53 Å². The van der Waals surface area contributed by atoms with Gasteiger partial charge < -0.3 is 10.1 Å². The minimum atomic E-state index is -0.0869. The van der Waals surface area contributed by atoms with Crippen LogP contribution in [0.15, 0.2) is 0 Å². The highest BCUT2D eigenvalue weighted by Crippen LogP contribution is 2.24. The van der Waals surface area contributed by atoms with Crippen LogP contribution in [0.2, 0.25) is 0 Å². The van der Waals surface area contributed by atoms with Gasteiger partial charge in [0.2, 0.25) is 0 Å². The van der Waals surface area contributed by atoms with Crippen LogP contribution in [0.5, 0.6) is 0 Å². The highest BCUT2D eigenvalue weighted by Gasteiger charge is 2.34. The standard InChI is InChI=1S/C11H20N2O2/c1-2-15-11(14)8-13-6-9-4-3-5-12-10(9)7-13/h9-10,12H,2-8H2,1H3/t9-,10+/m0/s1. The molecule has 0 radical (unpaired) electrons. The SMILES string of the molecule is CCOC(=O)CN1C[C@@H]2CCCN[C@@H]2C1. The van der Waals surface area contributed by atoms with E-state index in [4.69, 9.17) is 4.74 Å². The first kappa shape index (κ1) is 10.9. The molecule has 1 N–H and O–H groups in total. The van der Waals surface area contributed by atoms with Crippen LogP contribution < -0.4 is 5.32 Å². The molecule has 0 amide bonds. The van der Waals surface area contributed by atoms with Gasteiger partial charge in [-0.2, -0.15) is 0 Å². The van der Waals surface area contributed by atoms with Gasteiger partial charge in [-0.25, -0.2) is 0 Å². The lowest BCUT2D eigenvalue weighted by Gasteiger charge is -2.24. The van der Waals surface area contributed by atoms with Crippen LogP contribution in [-0.2, 0) is 9.53 Å². The fourth-order valence-electron chi connectivity index (χ4n) is 2.65. The molecule has 2 atom stereocenters. The van der Waals surface area contributed by atoms with E-state index in [1.165, 1.54) is 12.8 Å². The van der Waals surface area contributed by atoms with E-state index in [9.17, 15) is 4.79 Å². The number of carbonyl (C=O) groups excluding carboxylic acids is 1. The fourth-order valence-corrected chi connectivity index (χ4v) is 2.65. The molecule has 0 spiro atoms. The van der Waals surface area contributed by atoms with Gasteiger partial charge in [-0.1, -0.05) is 0 Å².